The van der Waals surface area contributed by atoms with Gasteiger partial charge in [0.2, 0.25) is 10.0 Å². The van der Waals surface area contributed by atoms with Crippen molar-refractivity contribution in [1.29, 1.82) is 0 Å². The van der Waals surface area contributed by atoms with Crippen LogP contribution in [0.2, 0.25) is 0 Å². The molecule has 2 aromatic rings. The molecule has 1 fully saturated rings. The number of carbonyl (C=O) groups excluding carboxylic acids is 1. The molecule has 0 saturated carbocycles. The first kappa shape index (κ1) is 19.2. The average molecular weight is 390 g/mol. The quantitative estimate of drug-likeness (QED) is 0.828. The molecule has 8 nitrogen and oxygen atoms in total. The third-order valence-electron chi connectivity index (χ3n) is 4.50. The van der Waals surface area contributed by atoms with Crippen LogP contribution in [0.4, 0.5) is 0 Å². The number of amides is 1. The summed E-state index contributed by atoms with van der Waals surface area (Å²) in [6.07, 6.45) is 4.06. The second-order valence-corrected chi connectivity index (χ2v) is 8.31. The number of aryl methyl sites for hydroxylation is 1. The van der Waals surface area contributed by atoms with Crippen LogP contribution in [0.1, 0.15) is 29.0 Å². The number of carbonyl (C=O) groups is 1. The molecule has 1 saturated heterocycles. The molecule has 0 aliphatic carbocycles. The summed E-state index contributed by atoms with van der Waals surface area (Å²) >= 11 is 0. The first-order valence-electron chi connectivity index (χ1n) is 8.64. The maximum atomic E-state index is 12.7. The highest BCUT2D eigenvalue weighted by molar-refractivity contribution is 7.89. The van der Waals surface area contributed by atoms with Crippen molar-refractivity contribution in [1.82, 2.24) is 19.6 Å². The predicted octanol–water partition coefficient (Wildman–Crippen LogP) is 1.38. The van der Waals surface area contributed by atoms with Gasteiger partial charge in [-0.25, -0.2) is 13.4 Å². The first-order valence-corrected chi connectivity index (χ1v) is 10.1. The lowest BCUT2D eigenvalue weighted by Crippen LogP contribution is -2.46. The molecule has 0 spiro atoms. The molecule has 144 valence electrons. The number of piperidine rings is 1. The Morgan fingerprint density at radius 2 is 1.81 bits per heavy atom. The monoisotopic (exact) mass is 390 g/mol. The van der Waals surface area contributed by atoms with E-state index in [1.54, 1.807) is 25.3 Å². The molecule has 9 heteroatoms. The Labute approximate surface area is 158 Å². The van der Waals surface area contributed by atoms with Crippen molar-refractivity contribution in [2.45, 2.75) is 30.7 Å². The van der Waals surface area contributed by atoms with Crippen LogP contribution in [-0.2, 0) is 10.0 Å². The maximum absolute atomic E-state index is 12.7. The molecule has 1 aromatic carbocycles. The highest BCUT2D eigenvalue weighted by Crippen LogP contribution is 2.23. The van der Waals surface area contributed by atoms with Crippen molar-refractivity contribution >= 4 is 15.9 Å². The molecule has 2 heterocycles. The molecule has 1 aromatic heterocycles. The largest absolute Gasteiger partial charge is 0.497 e. The summed E-state index contributed by atoms with van der Waals surface area (Å²) in [5, 5.41) is 2.90. The van der Waals surface area contributed by atoms with Crippen LogP contribution in [0.25, 0.3) is 0 Å². The van der Waals surface area contributed by atoms with E-state index in [0.29, 0.717) is 31.7 Å². The van der Waals surface area contributed by atoms with Gasteiger partial charge >= 0.3 is 0 Å². The van der Waals surface area contributed by atoms with Crippen LogP contribution in [-0.4, -0.2) is 54.8 Å². The van der Waals surface area contributed by atoms with Gasteiger partial charge in [-0.2, -0.15) is 4.31 Å². The summed E-state index contributed by atoms with van der Waals surface area (Å²) in [6.45, 7) is 2.49. The summed E-state index contributed by atoms with van der Waals surface area (Å²) in [4.78, 5) is 20.6. The molecule has 0 radical (unpaired) electrons. The van der Waals surface area contributed by atoms with E-state index in [-0.39, 0.29) is 22.5 Å². The van der Waals surface area contributed by atoms with Gasteiger partial charge in [0, 0.05) is 25.3 Å². The normalized spacial score (nSPS) is 16.1. The van der Waals surface area contributed by atoms with Gasteiger partial charge in [-0.15, -0.1) is 0 Å². The lowest BCUT2D eigenvalue weighted by Gasteiger charge is -2.31. The van der Waals surface area contributed by atoms with Gasteiger partial charge in [-0.3, -0.25) is 9.78 Å². The zero-order valence-electron chi connectivity index (χ0n) is 15.3. The van der Waals surface area contributed by atoms with E-state index < -0.39 is 10.0 Å². The molecule has 27 heavy (non-hydrogen) atoms. The maximum Gasteiger partial charge on any atom is 0.271 e. The standard InChI is InChI=1S/C18H22N4O4S/c1-13-11-20-17(12-19-13)18(23)21-14-7-9-22(10-8-14)27(24,25)16-5-3-15(26-2)4-6-16/h3-6,11-12,14H,7-10H2,1-2H3,(H,21,23). The van der Waals surface area contributed by atoms with E-state index in [2.05, 4.69) is 15.3 Å². The van der Waals surface area contributed by atoms with Crippen LogP contribution in [0.15, 0.2) is 41.6 Å². The molecule has 1 N–H and O–H groups in total. The van der Waals surface area contributed by atoms with E-state index in [0.717, 1.165) is 5.69 Å². The van der Waals surface area contributed by atoms with Crippen molar-refractivity contribution in [2.75, 3.05) is 20.2 Å². The number of aromatic nitrogens is 2. The number of hydrogen-bond donors (Lipinski definition) is 1. The van der Waals surface area contributed by atoms with E-state index in [4.69, 9.17) is 4.74 Å². The molecule has 1 amide bonds. The summed E-state index contributed by atoms with van der Waals surface area (Å²) in [5.74, 6) is 0.313. The second-order valence-electron chi connectivity index (χ2n) is 6.37. The number of rotatable bonds is 5. The van der Waals surface area contributed by atoms with Crippen LogP contribution < -0.4 is 10.1 Å². The smallest absolute Gasteiger partial charge is 0.271 e. The van der Waals surface area contributed by atoms with Gasteiger partial charge in [0.1, 0.15) is 11.4 Å². The topological polar surface area (TPSA) is 101 Å². The molecule has 0 atom stereocenters. The molecule has 0 unspecified atom stereocenters. The van der Waals surface area contributed by atoms with Gasteiger partial charge in [0.05, 0.1) is 23.9 Å². The third-order valence-corrected chi connectivity index (χ3v) is 6.41. The van der Waals surface area contributed by atoms with Gasteiger partial charge in [-0.05, 0) is 44.0 Å². The zero-order valence-corrected chi connectivity index (χ0v) is 16.1. The predicted molar refractivity (Wildman–Crippen MR) is 99.0 cm³/mol. The lowest BCUT2D eigenvalue weighted by molar-refractivity contribution is 0.0918. The Balaban J connectivity index is 1.59. The third kappa shape index (κ3) is 4.42. The van der Waals surface area contributed by atoms with E-state index in [1.165, 1.54) is 29.7 Å². The zero-order chi connectivity index (χ0) is 19.4. The minimum absolute atomic E-state index is 0.0945. The Morgan fingerprint density at radius 3 is 2.37 bits per heavy atom. The molecule has 1 aliphatic rings. The van der Waals surface area contributed by atoms with E-state index >= 15 is 0 Å². The summed E-state index contributed by atoms with van der Waals surface area (Å²) < 4.78 is 32.0. The number of methoxy groups -OCH3 is 1. The van der Waals surface area contributed by atoms with Gasteiger partial charge < -0.3 is 10.1 Å². The van der Waals surface area contributed by atoms with Crippen LogP contribution in [0.3, 0.4) is 0 Å². The average Bonchev–Trinajstić information content (AvgIpc) is 2.69. The Hall–Kier alpha value is -2.52. The summed E-state index contributed by atoms with van der Waals surface area (Å²) in [5.41, 5.74) is 0.998. The fourth-order valence-corrected chi connectivity index (χ4v) is 4.38. The molecule has 0 bridgehead atoms. The number of nitrogens with zero attached hydrogens (tertiary/aromatic N) is 3. The number of benzene rings is 1. The fraction of sp³-hybridized carbons (Fsp3) is 0.389. The molecule has 3 rings (SSSR count). The van der Waals surface area contributed by atoms with Crippen LogP contribution in [0, 0.1) is 6.92 Å². The van der Waals surface area contributed by atoms with Crippen molar-refractivity contribution in [3.63, 3.8) is 0 Å². The van der Waals surface area contributed by atoms with E-state index in [1.807, 2.05) is 0 Å². The second kappa shape index (κ2) is 8.01. The van der Waals surface area contributed by atoms with Crippen LogP contribution in [0.5, 0.6) is 5.75 Å². The van der Waals surface area contributed by atoms with Crippen molar-refractivity contribution in [3.8, 4) is 5.75 Å². The number of ether oxygens (including phenoxy) is 1. The minimum atomic E-state index is -3.55. The van der Waals surface area contributed by atoms with Crippen molar-refractivity contribution in [3.05, 3.63) is 48.0 Å². The summed E-state index contributed by atoms with van der Waals surface area (Å²) in [6, 6.07) is 6.24. The molecular weight excluding hydrogens is 368 g/mol. The minimum Gasteiger partial charge on any atom is -0.497 e. The Kier molecular flexibility index (Phi) is 5.71. The highest BCUT2D eigenvalue weighted by Gasteiger charge is 2.30. The van der Waals surface area contributed by atoms with Gasteiger partial charge in [-0.1, -0.05) is 0 Å². The number of sulfonamides is 1. The Bertz CT molecular complexity index is 890. The van der Waals surface area contributed by atoms with E-state index in [9.17, 15) is 13.2 Å². The van der Waals surface area contributed by atoms with Crippen molar-refractivity contribution < 1.29 is 17.9 Å². The number of nitrogens with one attached hydrogen (secondary N) is 1. The summed E-state index contributed by atoms with van der Waals surface area (Å²) in [7, 11) is -2.02. The highest BCUT2D eigenvalue weighted by atomic mass is 32.2. The molecule has 1 aliphatic heterocycles. The van der Waals surface area contributed by atoms with Gasteiger partial charge in [0.25, 0.3) is 5.91 Å². The van der Waals surface area contributed by atoms with Crippen molar-refractivity contribution in [2.24, 2.45) is 0 Å². The number of hydrogen-bond acceptors (Lipinski definition) is 6. The first-order chi connectivity index (χ1) is 12.9. The lowest BCUT2D eigenvalue weighted by atomic mass is 10.1. The van der Waals surface area contributed by atoms with Gasteiger partial charge in [0.15, 0.2) is 0 Å². The molecular formula is C18H22N4O4S. The SMILES string of the molecule is COc1ccc(S(=O)(=O)N2CCC(NC(=O)c3cnc(C)cn3)CC2)cc1. The Morgan fingerprint density at radius 1 is 1.15 bits per heavy atom. The van der Waals surface area contributed by atoms with Crippen LogP contribution >= 0.6 is 0 Å². The fourth-order valence-electron chi connectivity index (χ4n) is 2.91.